The van der Waals surface area contributed by atoms with E-state index in [1.807, 2.05) is 19.1 Å². The molecule has 4 heteroatoms. The summed E-state index contributed by atoms with van der Waals surface area (Å²) in [6.45, 7) is 1.97. The lowest BCUT2D eigenvalue weighted by Crippen LogP contribution is -1.99. The Kier molecular flexibility index (Phi) is 3.97. The van der Waals surface area contributed by atoms with Crippen LogP contribution < -0.4 is 0 Å². The zero-order valence-corrected chi connectivity index (χ0v) is 10.9. The summed E-state index contributed by atoms with van der Waals surface area (Å²) in [7, 11) is 0. The maximum Gasteiger partial charge on any atom is 0.182 e. The molecule has 1 aromatic carbocycles. The molecule has 1 heterocycles. The number of halogens is 1. The number of ketones is 1. The van der Waals surface area contributed by atoms with Crippen LogP contribution in [-0.2, 0) is 0 Å². The van der Waals surface area contributed by atoms with Crippen LogP contribution in [0, 0.1) is 12.7 Å². The van der Waals surface area contributed by atoms with Crippen LogP contribution in [0.4, 0.5) is 4.39 Å². The maximum atomic E-state index is 12.9. The van der Waals surface area contributed by atoms with Gasteiger partial charge in [-0.15, -0.1) is 23.1 Å². The molecule has 88 valence electrons. The van der Waals surface area contributed by atoms with E-state index in [0.717, 1.165) is 14.6 Å². The van der Waals surface area contributed by atoms with E-state index in [-0.39, 0.29) is 11.6 Å². The molecule has 0 fully saturated rings. The number of thiophene rings is 1. The van der Waals surface area contributed by atoms with Gasteiger partial charge in [-0.1, -0.05) is 6.07 Å². The first-order valence-corrected chi connectivity index (χ1v) is 6.93. The van der Waals surface area contributed by atoms with Crippen molar-refractivity contribution in [3.05, 3.63) is 52.0 Å². The van der Waals surface area contributed by atoms with Gasteiger partial charge in [0.15, 0.2) is 5.78 Å². The minimum absolute atomic E-state index is 0.0948. The molecule has 0 amide bonds. The Labute approximate surface area is 108 Å². The third-order valence-corrected chi connectivity index (χ3v) is 4.22. The van der Waals surface area contributed by atoms with Gasteiger partial charge in [0, 0.05) is 9.77 Å². The lowest BCUT2D eigenvalue weighted by molar-refractivity contribution is 0.102. The molecule has 0 atom stereocenters. The molecule has 0 N–H and O–H groups in total. The molecule has 0 radical (unpaired) electrons. The highest BCUT2D eigenvalue weighted by molar-refractivity contribution is 8.00. The first kappa shape index (κ1) is 12.3. The van der Waals surface area contributed by atoms with Crippen LogP contribution in [-0.4, -0.2) is 11.5 Å². The fraction of sp³-hybridized carbons (Fsp3) is 0.154. The molecule has 0 saturated carbocycles. The largest absolute Gasteiger partial charge is 0.292 e. The zero-order chi connectivity index (χ0) is 12.3. The molecule has 1 nitrogen and oxygen atoms in total. The Morgan fingerprint density at radius 2 is 2.18 bits per heavy atom. The second kappa shape index (κ2) is 5.47. The topological polar surface area (TPSA) is 17.1 Å². The highest BCUT2D eigenvalue weighted by Crippen LogP contribution is 2.22. The fourth-order valence-corrected chi connectivity index (χ4v) is 3.08. The number of carbonyl (C=O) groups excluding carboxylic acids is 1. The molecule has 0 aliphatic heterocycles. The van der Waals surface area contributed by atoms with E-state index < -0.39 is 0 Å². The van der Waals surface area contributed by atoms with Crippen molar-refractivity contribution in [3.63, 3.8) is 0 Å². The van der Waals surface area contributed by atoms with Crippen molar-refractivity contribution in [3.8, 4) is 0 Å². The standard InChI is InChI=1S/C13H11FOS2/c1-9-5-6-13(17-9)12(15)8-16-11-4-2-3-10(14)7-11/h2-7H,8H2,1H3. The van der Waals surface area contributed by atoms with Gasteiger partial charge in [0.2, 0.25) is 0 Å². The van der Waals surface area contributed by atoms with Gasteiger partial charge < -0.3 is 0 Å². The van der Waals surface area contributed by atoms with Gasteiger partial charge in [0.05, 0.1) is 10.6 Å². The molecule has 0 aliphatic carbocycles. The molecule has 0 saturated heterocycles. The van der Waals surface area contributed by atoms with Gasteiger partial charge in [0.25, 0.3) is 0 Å². The Bertz CT molecular complexity index is 534. The van der Waals surface area contributed by atoms with Gasteiger partial charge in [-0.05, 0) is 37.3 Å². The number of benzene rings is 1. The molecule has 2 rings (SSSR count). The highest BCUT2D eigenvalue weighted by atomic mass is 32.2. The number of carbonyl (C=O) groups is 1. The van der Waals surface area contributed by atoms with Crippen LogP contribution in [0.2, 0.25) is 0 Å². The fourth-order valence-electron chi connectivity index (χ4n) is 1.36. The monoisotopic (exact) mass is 266 g/mol. The summed E-state index contributed by atoms with van der Waals surface area (Å²) >= 11 is 2.86. The van der Waals surface area contributed by atoms with E-state index in [0.29, 0.717) is 5.75 Å². The molecule has 17 heavy (non-hydrogen) atoms. The number of Topliss-reactive ketones (excluding diaryl/α,β-unsaturated/α-hetero) is 1. The number of hydrogen-bond acceptors (Lipinski definition) is 3. The summed E-state index contributed by atoms with van der Waals surface area (Å²) in [6, 6.07) is 10.1. The third kappa shape index (κ3) is 3.41. The highest BCUT2D eigenvalue weighted by Gasteiger charge is 2.08. The summed E-state index contributed by atoms with van der Waals surface area (Å²) in [5.41, 5.74) is 0. The summed E-state index contributed by atoms with van der Waals surface area (Å²) in [6.07, 6.45) is 0. The number of thioether (sulfide) groups is 1. The zero-order valence-electron chi connectivity index (χ0n) is 9.27. The lowest BCUT2D eigenvalue weighted by Gasteiger charge is -1.99. The van der Waals surface area contributed by atoms with Crippen molar-refractivity contribution < 1.29 is 9.18 Å². The van der Waals surface area contributed by atoms with E-state index in [4.69, 9.17) is 0 Å². The number of rotatable bonds is 4. The molecule has 0 spiro atoms. The molecule has 0 unspecified atom stereocenters. The van der Waals surface area contributed by atoms with Gasteiger partial charge in [-0.2, -0.15) is 0 Å². The normalized spacial score (nSPS) is 10.5. The second-order valence-electron chi connectivity index (χ2n) is 3.58. The first-order chi connectivity index (χ1) is 8.15. The van der Waals surface area contributed by atoms with Crippen molar-refractivity contribution >= 4 is 28.9 Å². The molecule has 0 aliphatic rings. The Balaban J connectivity index is 1.97. The van der Waals surface area contributed by atoms with Crippen molar-refractivity contribution in [2.75, 3.05) is 5.75 Å². The van der Waals surface area contributed by atoms with Crippen LogP contribution in [0.3, 0.4) is 0 Å². The van der Waals surface area contributed by atoms with E-state index in [2.05, 4.69) is 0 Å². The van der Waals surface area contributed by atoms with E-state index in [1.54, 1.807) is 12.1 Å². The van der Waals surface area contributed by atoms with Crippen LogP contribution in [0.15, 0.2) is 41.3 Å². The molecule has 1 aromatic heterocycles. The minimum atomic E-state index is -0.269. The molecule has 2 aromatic rings. The summed E-state index contributed by atoms with van der Waals surface area (Å²) in [5, 5.41) is 0. The van der Waals surface area contributed by atoms with E-state index in [1.165, 1.54) is 35.2 Å². The summed E-state index contributed by atoms with van der Waals surface area (Å²) < 4.78 is 12.9. The van der Waals surface area contributed by atoms with Crippen molar-refractivity contribution in [1.82, 2.24) is 0 Å². The van der Waals surface area contributed by atoms with E-state index in [9.17, 15) is 9.18 Å². The van der Waals surface area contributed by atoms with Crippen molar-refractivity contribution in [2.45, 2.75) is 11.8 Å². The summed E-state index contributed by atoms with van der Waals surface area (Å²) in [5.74, 6) is 0.176. The first-order valence-electron chi connectivity index (χ1n) is 5.13. The van der Waals surface area contributed by atoms with Gasteiger partial charge in [0.1, 0.15) is 5.82 Å². The third-order valence-electron chi connectivity index (χ3n) is 2.18. The quantitative estimate of drug-likeness (QED) is 0.610. The van der Waals surface area contributed by atoms with Crippen LogP contribution in [0.5, 0.6) is 0 Å². The van der Waals surface area contributed by atoms with E-state index >= 15 is 0 Å². The van der Waals surface area contributed by atoms with Crippen LogP contribution >= 0.6 is 23.1 Å². The molecular formula is C13H11FOS2. The van der Waals surface area contributed by atoms with Crippen LogP contribution in [0.1, 0.15) is 14.5 Å². The Morgan fingerprint density at radius 1 is 1.35 bits per heavy atom. The number of aryl methyl sites for hydroxylation is 1. The predicted molar refractivity (Wildman–Crippen MR) is 70.5 cm³/mol. The SMILES string of the molecule is Cc1ccc(C(=O)CSc2cccc(F)c2)s1. The lowest BCUT2D eigenvalue weighted by atomic mass is 10.3. The Hall–Kier alpha value is -1.13. The maximum absolute atomic E-state index is 12.9. The average Bonchev–Trinajstić information content (AvgIpc) is 2.73. The van der Waals surface area contributed by atoms with Crippen molar-refractivity contribution in [2.24, 2.45) is 0 Å². The average molecular weight is 266 g/mol. The van der Waals surface area contributed by atoms with Crippen molar-refractivity contribution in [1.29, 1.82) is 0 Å². The predicted octanol–water partition coefficient (Wildman–Crippen LogP) is 4.17. The van der Waals surface area contributed by atoms with Gasteiger partial charge in [-0.25, -0.2) is 4.39 Å². The van der Waals surface area contributed by atoms with Crippen LogP contribution in [0.25, 0.3) is 0 Å². The smallest absolute Gasteiger partial charge is 0.182 e. The Morgan fingerprint density at radius 3 is 2.82 bits per heavy atom. The second-order valence-corrected chi connectivity index (χ2v) is 5.92. The van der Waals surface area contributed by atoms with Gasteiger partial charge in [-0.3, -0.25) is 4.79 Å². The molecule has 0 bridgehead atoms. The summed E-state index contributed by atoms with van der Waals surface area (Å²) in [4.78, 5) is 14.5. The molecular weight excluding hydrogens is 255 g/mol. The van der Waals surface area contributed by atoms with Gasteiger partial charge >= 0.3 is 0 Å². The number of hydrogen-bond donors (Lipinski definition) is 0. The minimum Gasteiger partial charge on any atom is -0.292 e.